The van der Waals surface area contributed by atoms with E-state index >= 15 is 0 Å². The van der Waals surface area contributed by atoms with Crippen LogP contribution in [0.2, 0.25) is 5.02 Å². The molecule has 2 atom stereocenters. The van der Waals surface area contributed by atoms with E-state index in [9.17, 15) is 18.0 Å². The van der Waals surface area contributed by atoms with Gasteiger partial charge in [0.15, 0.2) is 0 Å². The Labute approximate surface area is 158 Å². The Morgan fingerprint density at radius 2 is 2.00 bits per heavy atom. The molecular formula is C17H22ClN3O4S. The molecule has 1 N–H and O–H groups in total. The van der Waals surface area contributed by atoms with Crippen molar-refractivity contribution >= 4 is 33.4 Å². The van der Waals surface area contributed by atoms with Gasteiger partial charge in [-0.1, -0.05) is 17.7 Å². The molecule has 2 heterocycles. The average molecular weight is 400 g/mol. The van der Waals surface area contributed by atoms with Crippen molar-refractivity contribution < 1.29 is 18.0 Å². The van der Waals surface area contributed by atoms with Crippen LogP contribution in [0.4, 0.5) is 0 Å². The van der Waals surface area contributed by atoms with E-state index in [0.717, 1.165) is 0 Å². The summed E-state index contributed by atoms with van der Waals surface area (Å²) < 4.78 is 27.4. The molecule has 2 aliphatic rings. The van der Waals surface area contributed by atoms with Gasteiger partial charge in [-0.2, -0.15) is 4.31 Å². The molecule has 0 bridgehead atoms. The van der Waals surface area contributed by atoms with Crippen molar-refractivity contribution in [1.29, 1.82) is 0 Å². The van der Waals surface area contributed by atoms with E-state index in [1.807, 2.05) is 0 Å². The Bertz CT molecular complexity index is 844. The van der Waals surface area contributed by atoms with E-state index in [0.29, 0.717) is 24.5 Å². The van der Waals surface area contributed by atoms with E-state index < -0.39 is 15.6 Å². The first kappa shape index (κ1) is 19.1. The van der Waals surface area contributed by atoms with Crippen LogP contribution in [0.3, 0.4) is 0 Å². The van der Waals surface area contributed by atoms with Crippen molar-refractivity contribution in [2.75, 3.05) is 26.2 Å². The molecule has 0 aromatic heterocycles. The molecule has 0 saturated carbocycles. The molecule has 2 fully saturated rings. The van der Waals surface area contributed by atoms with Crippen molar-refractivity contribution in [2.45, 2.75) is 30.7 Å². The second-order valence-corrected chi connectivity index (χ2v) is 9.38. The number of hydrogen-bond acceptors (Lipinski definition) is 4. The molecule has 0 spiro atoms. The van der Waals surface area contributed by atoms with Crippen LogP contribution in [0.1, 0.15) is 20.3 Å². The highest BCUT2D eigenvalue weighted by Crippen LogP contribution is 2.37. The summed E-state index contributed by atoms with van der Waals surface area (Å²) in [5, 5.41) is 3.35. The van der Waals surface area contributed by atoms with Crippen LogP contribution in [0, 0.1) is 5.92 Å². The van der Waals surface area contributed by atoms with Gasteiger partial charge < -0.3 is 10.2 Å². The normalized spacial score (nSPS) is 26.4. The van der Waals surface area contributed by atoms with Gasteiger partial charge in [-0.05, 0) is 24.6 Å². The number of carbonyl (C=O) groups is 2. The van der Waals surface area contributed by atoms with Crippen LogP contribution in [0.15, 0.2) is 29.2 Å². The minimum atomic E-state index is -3.68. The Morgan fingerprint density at radius 1 is 1.27 bits per heavy atom. The van der Waals surface area contributed by atoms with Crippen LogP contribution in [-0.2, 0) is 19.6 Å². The van der Waals surface area contributed by atoms with Crippen LogP contribution in [0.25, 0.3) is 0 Å². The molecule has 3 rings (SSSR count). The number of amides is 2. The smallest absolute Gasteiger partial charge is 0.243 e. The third-order valence-corrected chi connectivity index (χ3v) is 7.33. The predicted octanol–water partition coefficient (Wildman–Crippen LogP) is 1.09. The lowest BCUT2D eigenvalue weighted by Gasteiger charge is -2.43. The third kappa shape index (κ3) is 3.45. The zero-order valence-electron chi connectivity index (χ0n) is 14.7. The molecule has 0 unspecified atom stereocenters. The lowest BCUT2D eigenvalue weighted by atomic mass is 9.81. The maximum absolute atomic E-state index is 13.0. The van der Waals surface area contributed by atoms with E-state index in [1.54, 1.807) is 17.0 Å². The number of likely N-dealkylation sites (tertiary alicyclic amines) is 1. The summed E-state index contributed by atoms with van der Waals surface area (Å²) in [6.45, 7) is 4.29. The average Bonchev–Trinajstić information content (AvgIpc) is 2.92. The zero-order valence-corrected chi connectivity index (χ0v) is 16.3. The number of piperidine rings is 1. The number of benzene rings is 1. The molecule has 0 aliphatic carbocycles. The molecular weight excluding hydrogens is 378 g/mol. The molecule has 1 aromatic carbocycles. The standard InChI is InChI=1S/C17H22ClN3O4S/c1-12(22)19-17-6-7-21(10-14(17)9-20(11-17)13(2)23)26(24,25)16-5-3-4-15(18)8-16/h3-5,8,14H,6-7,9-11H2,1-2H3,(H,19,22)/t14-,17+/m0/s1. The van der Waals surface area contributed by atoms with E-state index in [4.69, 9.17) is 11.6 Å². The maximum atomic E-state index is 13.0. The SMILES string of the molecule is CC(=O)N[C@@]12CCN(S(=O)(=O)c3cccc(Cl)c3)C[C@@H]1CN(C(C)=O)C2. The number of sulfonamides is 1. The Morgan fingerprint density at radius 3 is 2.62 bits per heavy atom. The van der Waals surface area contributed by atoms with Crippen molar-refractivity contribution in [2.24, 2.45) is 5.92 Å². The van der Waals surface area contributed by atoms with Crippen molar-refractivity contribution in [1.82, 2.24) is 14.5 Å². The second kappa shape index (κ2) is 6.83. The van der Waals surface area contributed by atoms with Gasteiger partial charge in [-0.15, -0.1) is 0 Å². The Balaban J connectivity index is 1.87. The summed E-state index contributed by atoms with van der Waals surface area (Å²) >= 11 is 5.94. The zero-order chi connectivity index (χ0) is 19.1. The number of carbonyl (C=O) groups excluding carboxylic acids is 2. The maximum Gasteiger partial charge on any atom is 0.243 e. The molecule has 142 valence electrons. The minimum absolute atomic E-state index is 0.0756. The van der Waals surface area contributed by atoms with Crippen LogP contribution >= 0.6 is 11.6 Å². The topological polar surface area (TPSA) is 86.8 Å². The quantitative estimate of drug-likeness (QED) is 0.824. The summed E-state index contributed by atoms with van der Waals surface area (Å²) in [4.78, 5) is 25.4. The summed E-state index contributed by atoms with van der Waals surface area (Å²) in [5.41, 5.74) is -0.572. The highest BCUT2D eigenvalue weighted by molar-refractivity contribution is 7.89. The fraction of sp³-hybridized carbons (Fsp3) is 0.529. The number of halogens is 1. The van der Waals surface area contributed by atoms with E-state index in [-0.39, 0.29) is 35.7 Å². The highest BCUT2D eigenvalue weighted by atomic mass is 35.5. The van der Waals surface area contributed by atoms with Gasteiger partial charge in [0.2, 0.25) is 21.8 Å². The second-order valence-electron chi connectivity index (χ2n) is 7.00. The molecule has 1 aromatic rings. The lowest BCUT2D eigenvalue weighted by molar-refractivity contribution is -0.128. The summed E-state index contributed by atoms with van der Waals surface area (Å²) in [6.07, 6.45) is 0.459. The van der Waals surface area contributed by atoms with Crippen molar-refractivity contribution in [3.63, 3.8) is 0 Å². The number of fused-ring (bicyclic) bond motifs is 1. The van der Waals surface area contributed by atoms with Gasteiger partial charge in [-0.25, -0.2) is 8.42 Å². The summed E-state index contributed by atoms with van der Waals surface area (Å²) in [7, 11) is -3.68. The fourth-order valence-corrected chi connectivity index (χ4v) is 5.73. The van der Waals surface area contributed by atoms with Gasteiger partial charge in [0.05, 0.1) is 10.4 Å². The highest BCUT2D eigenvalue weighted by Gasteiger charge is 2.52. The molecule has 7 nitrogen and oxygen atoms in total. The number of rotatable bonds is 3. The number of hydrogen-bond donors (Lipinski definition) is 1. The van der Waals surface area contributed by atoms with E-state index in [1.165, 1.54) is 30.3 Å². The van der Waals surface area contributed by atoms with Gasteiger partial charge in [0.1, 0.15) is 0 Å². The summed E-state index contributed by atoms with van der Waals surface area (Å²) in [5.74, 6) is -0.405. The molecule has 2 aliphatic heterocycles. The molecule has 26 heavy (non-hydrogen) atoms. The Kier molecular flexibility index (Phi) is 5.02. The fourth-order valence-electron chi connectivity index (χ4n) is 3.94. The molecule has 0 radical (unpaired) electrons. The molecule has 2 amide bonds. The first-order chi connectivity index (χ1) is 12.1. The van der Waals surface area contributed by atoms with E-state index in [2.05, 4.69) is 5.32 Å². The molecule has 2 saturated heterocycles. The van der Waals surface area contributed by atoms with Gasteiger partial charge in [0.25, 0.3) is 0 Å². The predicted molar refractivity (Wildman–Crippen MR) is 97.1 cm³/mol. The largest absolute Gasteiger partial charge is 0.349 e. The first-order valence-electron chi connectivity index (χ1n) is 8.44. The first-order valence-corrected chi connectivity index (χ1v) is 10.3. The summed E-state index contributed by atoms with van der Waals surface area (Å²) in [6, 6.07) is 6.19. The third-order valence-electron chi connectivity index (χ3n) is 5.23. The van der Waals surface area contributed by atoms with Crippen molar-refractivity contribution in [3.05, 3.63) is 29.3 Å². The van der Waals surface area contributed by atoms with Crippen LogP contribution in [-0.4, -0.2) is 61.2 Å². The van der Waals surface area contributed by atoms with Gasteiger partial charge in [0, 0.05) is 51.0 Å². The number of nitrogens with zero attached hydrogens (tertiary/aromatic N) is 2. The van der Waals surface area contributed by atoms with Gasteiger partial charge in [-0.3, -0.25) is 9.59 Å². The van der Waals surface area contributed by atoms with Gasteiger partial charge >= 0.3 is 0 Å². The van der Waals surface area contributed by atoms with Crippen LogP contribution < -0.4 is 5.32 Å². The lowest BCUT2D eigenvalue weighted by Crippen LogP contribution is -2.61. The van der Waals surface area contributed by atoms with Crippen molar-refractivity contribution in [3.8, 4) is 0 Å². The minimum Gasteiger partial charge on any atom is -0.349 e. The molecule has 9 heteroatoms. The van der Waals surface area contributed by atoms with Crippen LogP contribution in [0.5, 0.6) is 0 Å². The monoisotopic (exact) mass is 399 g/mol. The number of nitrogens with one attached hydrogen (secondary N) is 1. The Hall–Kier alpha value is -1.64.